The van der Waals surface area contributed by atoms with Crippen molar-refractivity contribution in [3.63, 3.8) is 0 Å². The van der Waals surface area contributed by atoms with E-state index in [9.17, 15) is 15.0 Å². The highest BCUT2D eigenvalue weighted by Gasteiger charge is 2.42. The third-order valence-electron chi connectivity index (χ3n) is 5.72. The van der Waals surface area contributed by atoms with Crippen molar-refractivity contribution < 1.29 is 15.0 Å². The standard InChI is InChI=1S/C19H17BrN4O3/c1-23-14(4-5-21-23)17(25)16-15(19(26)27)22-18-13-8-10(20)2-3-12(13)9-6-11(7-9)24(16)18/h2-5,8-9,11,17,25H,6-7H2,1H3,(H,26,27). The van der Waals surface area contributed by atoms with Gasteiger partial charge in [-0.05, 0) is 42.5 Å². The zero-order chi connectivity index (χ0) is 18.9. The van der Waals surface area contributed by atoms with Crippen LogP contribution >= 0.6 is 15.9 Å². The van der Waals surface area contributed by atoms with Gasteiger partial charge in [0.05, 0.1) is 11.4 Å². The zero-order valence-corrected chi connectivity index (χ0v) is 16.1. The number of halogens is 1. The lowest BCUT2D eigenvalue weighted by Crippen LogP contribution is -2.26. The molecule has 1 unspecified atom stereocenters. The van der Waals surface area contributed by atoms with Crippen molar-refractivity contribution >= 4 is 21.9 Å². The first kappa shape index (κ1) is 16.7. The van der Waals surface area contributed by atoms with Crippen molar-refractivity contribution in [2.45, 2.75) is 30.9 Å². The van der Waals surface area contributed by atoms with E-state index in [-0.39, 0.29) is 11.7 Å². The quantitative estimate of drug-likeness (QED) is 0.667. The average Bonchev–Trinajstić information content (AvgIpc) is 3.13. The Kier molecular flexibility index (Phi) is 3.57. The smallest absolute Gasteiger partial charge is 0.356 e. The molecule has 138 valence electrons. The number of aliphatic hydroxyl groups excluding tert-OH is 1. The Balaban J connectivity index is 1.79. The summed E-state index contributed by atoms with van der Waals surface area (Å²) in [6.45, 7) is 0. The number of benzene rings is 1. The SMILES string of the molecule is Cn1nccc1C(O)c1c(C(=O)O)nc2n1C1CC(C1)c1ccc(Br)cc1-2. The number of aryl methyl sites for hydroxylation is 1. The number of nitrogens with zero attached hydrogens (tertiary/aromatic N) is 4. The monoisotopic (exact) mass is 428 g/mol. The van der Waals surface area contributed by atoms with E-state index in [1.165, 1.54) is 5.56 Å². The van der Waals surface area contributed by atoms with E-state index in [4.69, 9.17) is 0 Å². The highest BCUT2D eigenvalue weighted by molar-refractivity contribution is 9.10. The Morgan fingerprint density at radius 1 is 1.33 bits per heavy atom. The highest BCUT2D eigenvalue weighted by Crippen LogP contribution is 2.53. The molecule has 8 heteroatoms. The van der Waals surface area contributed by atoms with Gasteiger partial charge >= 0.3 is 5.97 Å². The maximum Gasteiger partial charge on any atom is 0.356 e. The molecular weight excluding hydrogens is 412 g/mol. The minimum absolute atomic E-state index is 0.102. The molecule has 1 aromatic carbocycles. The molecule has 2 aliphatic heterocycles. The van der Waals surface area contributed by atoms with Gasteiger partial charge in [-0.3, -0.25) is 4.68 Å². The third-order valence-corrected chi connectivity index (χ3v) is 6.22. The fraction of sp³-hybridized carbons (Fsp3) is 0.316. The van der Waals surface area contributed by atoms with Crippen molar-refractivity contribution in [1.82, 2.24) is 19.3 Å². The average molecular weight is 429 g/mol. The van der Waals surface area contributed by atoms with Crippen molar-refractivity contribution in [3.8, 4) is 11.4 Å². The molecule has 27 heavy (non-hydrogen) atoms. The van der Waals surface area contributed by atoms with Gasteiger partial charge in [0, 0.05) is 29.3 Å². The van der Waals surface area contributed by atoms with Gasteiger partial charge in [0.15, 0.2) is 5.69 Å². The van der Waals surface area contributed by atoms with E-state index in [1.807, 2.05) is 16.7 Å². The molecule has 6 rings (SSSR count). The summed E-state index contributed by atoms with van der Waals surface area (Å²) in [6, 6.07) is 7.91. The minimum Gasteiger partial charge on any atom is -0.476 e. The van der Waals surface area contributed by atoms with Gasteiger partial charge in [0.2, 0.25) is 0 Å². The fourth-order valence-corrected chi connectivity index (χ4v) is 4.71. The van der Waals surface area contributed by atoms with Crippen LogP contribution in [0, 0.1) is 0 Å². The molecule has 2 N–H and O–H groups in total. The van der Waals surface area contributed by atoms with E-state index in [2.05, 4.69) is 32.1 Å². The van der Waals surface area contributed by atoms with E-state index >= 15 is 0 Å². The number of rotatable bonds is 3. The number of carboxylic acids is 1. The Hall–Kier alpha value is -2.45. The highest BCUT2D eigenvalue weighted by atomic mass is 79.9. The molecule has 0 amide bonds. The maximum atomic E-state index is 12.0. The van der Waals surface area contributed by atoms with Crippen LogP contribution in [0.5, 0.6) is 0 Å². The molecule has 2 bridgehead atoms. The Morgan fingerprint density at radius 3 is 2.78 bits per heavy atom. The second-order valence-electron chi connectivity index (χ2n) is 7.18. The Labute approximate surface area is 163 Å². The van der Waals surface area contributed by atoms with Gasteiger partial charge in [-0.2, -0.15) is 5.10 Å². The van der Waals surface area contributed by atoms with Gasteiger partial charge in [0.1, 0.15) is 11.9 Å². The van der Waals surface area contributed by atoms with Crippen molar-refractivity contribution in [2.24, 2.45) is 7.05 Å². The van der Waals surface area contributed by atoms with Crippen molar-refractivity contribution in [3.05, 3.63) is 57.6 Å². The van der Waals surface area contributed by atoms with Crippen molar-refractivity contribution in [2.75, 3.05) is 0 Å². The summed E-state index contributed by atoms with van der Waals surface area (Å²) in [5.74, 6) is -0.0843. The molecule has 1 fully saturated rings. The largest absolute Gasteiger partial charge is 0.476 e. The molecule has 4 heterocycles. The lowest BCUT2D eigenvalue weighted by molar-refractivity contribution is 0.0683. The molecule has 2 aromatic heterocycles. The summed E-state index contributed by atoms with van der Waals surface area (Å²) >= 11 is 3.51. The number of carboxylic acid groups (broad SMARTS) is 1. The normalized spacial score (nSPS) is 21.0. The molecular formula is C19H17BrN4O3. The fourth-order valence-electron chi connectivity index (χ4n) is 4.35. The van der Waals surface area contributed by atoms with Gasteiger partial charge in [-0.25, -0.2) is 9.78 Å². The van der Waals surface area contributed by atoms with E-state index in [0.29, 0.717) is 23.1 Å². The second kappa shape index (κ2) is 5.77. The van der Waals surface area contributed by atoms with E-state index < -0.39 is 12.1 Å². The predicted molar refractivity (Wildman–Crippen MR) is 101 cm³/mol. The van der Waals surface area contributed by atoms with Crippen LogP contribution in [0.25, 0.3) is 11.4 Å². The summed E-state index contributed by atoms with van der Waals surface area (Å²) < 4.78 is 4.41. The molecule has 0 radical (unpaired) electrons. The zero-order valence-electron chi connectivity index (χ0n) is 14.5. The summed E-state index contributed by atoms with van der Waals surface area (Å²) in [5, 5.41) is 25.0. The predicted octanol–water partition coefficient (Wildman–Crippen LogP) is 3.26. The number of carbonyl (C=O) groups is 1. The first-order valence-corrected chi connectivity index (χ1v) is 9.56. The summed E-state index contributed by atoms with van der Waals surface area (Å²) in [7, 11) is 1.73. The summed E-state index contributed by atoms with van der Waals surface area (Å²) in [6.07, 6.45) is 2.31. The number of aromatic nitrogens is 4. The van der Waals surface area contributed by atoms with Crippen LogP contribution in [0.4, 0.5) is 0 Å². The lowest BCUT2D eigenvalue weighted by Gasteiger charge is -2.36. The second-order valence-corrected chi connectivity index (χ2v) is 8.10. The molecule has 3 aromatic rings. The molecule has 1 atom stereocenters. The Morgan fingerprint density at radius 2 is 2.11 bits per heavy atom. The lowest BCUT2D eigenvalue weighted by atomic mass is 9.75. The van der Waals surface area contributed by atoms with Crippen LogP contribution in [0.15, 0.2) is 34.9 Å². The van der Waals surface area contributed by atoms with Crippen LogP contribution in [-0.4, -0.2) is 35.5 Å². The number of hydrogen-bond donors (Lipinski definition) is 2. The number of imidazole rings is 1. The third kappa shape index (κ3) is 2.33. The van der Waals surface area contributed by atoms with Crippen LogP contribution in [0.2, 0.25) is 0 Å². The minimum atomic E-state index is -1.14. The maximum absolute atomic E-state index is 12.0. The summed E-state index contributed by atoms with van der Waals surface area (Å²) in [5.41, 5.74) is 2.89. The first-order chi connectivity index (χ1) is 13.0. The Bertz CT molecular complexity index is 1080. The number of aliphatic hydroxyl groups is 1. The van der Waals surface area contributed by atoms with Gasteiger partial charge in [-0.1, -0.05) is 22.0 Å². The number of aromatic carboxylic acids is 1. The topological polar surface area (TPSA) is 93.2 Å². The molecule has 0 saturated heterocycles. The molecule has 0 spiro atoms. The summed E-state index contributed by atoms with van der Waals surface area (Å²) in [4.78, 5) is 16.4. The van der Waals surface area contributed by atoms with Crippen LogP contribution in [-0.2, 0) is 7.05 Å². The molecule has 1 saturated carbocycles. The molecule has 7 nitrogen and oxygen atoms in total. The molecule has 1 aliphatic carbocycles. The van der Waals surface area contributed by atoms with E-state index in [1.54, 1.807) is 24.0 Å². The first-order valence-electron chi connectivity index (χ1n) is 8.77. The van der Waals surface area contributed by atoms with Gasteiger partial charge in [-0.15, -0.1) is 0 Å². The molecule has 3 aliphatic rings. The van der Waals surface area contributed by atoms with Crippen LogP contribution < -0.4 is 0 Å². The van der Waals surface area contributed by atoms with Crippen LogP contribution in [0.3, 0.4) is 0 Å². The van der Waals surface area contributed by atoms with Crippen molar-refractivity contribution in [1.29, 1.82) is 0 Å². The van der Waals surface area contributed by atoms with Gasteiger partial charge < -0.3 is 14.8 Å². The van der Waals surface area contributed by atoms with Gasteiger partial charge in [0.25, 0.3) is 0 Å². The van der Waals surface area contributed by atoms with Crippen LogP contribution in [0.1, 0.15) is 58.3 Å². The number of hydrogen-bond acceptors (Lipinski definition) is 4. The van der Waals surface area contributed by atoms with E-state index in [0.717, 1.165) is 22.9 Å².